The fraction of sp³-hybridized carbons (Fsp3) is 0.300. The predicted molar refractivity (Wildman–Crippen MR) is 110 cm³/mol. The van der Waals surface area contributed by atoms with Crippen molar-refractivity contribution in [1.29, 1.82) is 0 Å². The number of sulfonamides is 1. The number of ether oxygens (including phenoxy) is 1. The molecule has 0 radical (unpaired) electrons. The van der Waals surface area contributed by atoms with Gasteiger partial charge < -0.3 is 9.64 Å². The number of esters is 1. The van der Waals surface area contributed by atoms with Gasteiger partial charge in [-0.15, -0.1) is 0 Å². The van der Waals surface area contributed by atoms with Crippen molar-refractivity contribution in [2.24, 2.45) is 0 Å². The van der Waals surface area contributed by atoms with E-state index in [0.717, 1.165) is 0 Å². The van der Waals surface area contributed by atoms with Crippen molar-refractivity contribution in [3.63, 3.8) is 0 Å². The molecule has 2 aromatic rings. The maximum atomic E-state index is 12.6. The van der Waals surface area contributed by atoms with Crippen LogP contribution < -0.4 is 0 Å². The smallest absolute Gasteiger partial charge is 0.345 e. The number of nitro benzene ring substituents is 1. The second kappa shape index (κ2) is 9.23. The zero-order valence-corrected chi connectivity index (χ0v) is 17.6. The first kappa shape index (κ1) is 22.4. The SMILES string of the molecule is Cc1cccc(C(=O)OCC(=O)N2CCN(S(=O)(=O)c3ccccc3)CC2)c1[N+](=O)[O-]. The summed E-state index contributed by atoms with van der Waals surface area (Å²) in [7, 11) is -3.64. The minimum Gasteiger partial charge on any atom is -0.452 e. The van der Waals surface area contributed by atoms with Crippen LogP contribution in [0.4, 0.5) is 5.69 Å². The molecular weight excluding hydrogens is 426 g/mol. The van der Waals surface area contributed by atoms with E-state index in [2.05, 4.69) is 0 Å². The van der Waals surface area contributed by atoms with Crippen molar-refractivity contribution in [3.05, 3.63) is 69.8 Å². The van der Waals surface area contributed by atoms with Gasteiger partial charge in [0.25, 0.3) is 11.6 Å². The molecule has 0 bridgehead atoms. The Morgan fingerprint density at radius 3 is 2.29 bits per heavy atom. The highest BCUT2D eigenvalue weighted by molar-refractivity contribution is 7.89. The first-order valence-corrected chi connectivity index (χ1v) is 10.9. The number of carbonyl (C=O) groups excluding carboxylic acids is 2. The normalized spacial score (nSPS) is 14.8. The molecule has 0 aromatic heterocycles. The molecule has 1 amide bonds. The van der Waals surface area contributed by atoms with E-state index < -0.39 is 33.4 Å². The van der Waals surface area contributed by atoms with E-state index in [1.165, 1.54) is 46.5 Å². The van der Waals surface area contributed by atoms with Crippen LogP contribution >= 0.6 is 0 Å². The van der Waals surface area contributed by atoms with E-state index in [0.29, 0.717) is 5.56 Å². The van der Waals surface area contributed by atoms with Crippen molar-refractivity contribution in [2.75, 3.05) is 32.8 Å². The first-order chi connectivity index (χ1) is 14.7. The van der Waals surface area contributed by atoms with Gasteiger partial charge >= 0.3 is 5.97 Å². The van der Waals surface area contributed by atoms with Gasteiger partial charge in [-0.05, 0) is 25.1 Å². The third kappa shape index (κ3) is 4.89. The van der Waals surface area contributed by atoms with E-state index in [1.807, 2.05) is 0 Å². The van der Waals surface area contributed by atoms with E-state index >= 15 is 0 Å². The number of aryl methyl sites for hydroxylation is 1. The molecule has 1 fully saturated rings. The summed E-state index contributed by atoms with van der Waals surface area (Å²) in [5.74, 6) is -1.46. The fourth-order valence-electron chi connectivity index (χ4n) is 3.28. The number of para-hydroxylation sites is 1. The van der Waals surface area contributed by atoms with Gasteiger partial charge in [-0.2, -0.15) is 4.31 Å². The Morgan fingerprint density at radius 1 is 1.03 bits per heavy atom. The summed E-state index contributed by atoms with van der Waals surface area (Å²) in [5.41, 5.74) is -0.280. The largest absolute Gasteiger partial charge is 0.452 e. The number of benzene rings is 2. The van der Waals surface area contributed by atoms with Crippen LogP contribution in [0.3, 0.4) is 0 Å². The molecule has 1 saturated heterocycles. The summed E-state index contributed by atoms with van der Waals surface area (Å²) in [6.07, 6.45) is 0. The lowest BCUT2D eigenvalue weighted by molar-refractivity contribution is -0.385. The molecule has 31 heavy (non-hydrogen) atoms. The maximum absolute atomic E-state index is 12.6. The minimum absolute atomic E-state index is 0.111. The highest BCUT2D eigenvalue weighted by atomic mass is 32.2. The van der Waals surface area contributed by atoms with Crippen LogP contribution in [0.5, 0.6) is 0 Å². The van der Waals surface area contributed by atoms with Crippen molar-refractivity contribution < 1.29 is 27.7 Å². The molecule has 0 unspecified atom stereocenters. The molecule has 0 aliphatic carbocycles. The summed E-state index contributed by atoms with van der Waals surface area (Å²) >= 11 is 0. The fourth-order valence-corrected chi connectivity index (χ4v) is 4.72. The molecule has 3 rings (SSSR count). The van der Waals surface area contributed by atoms with Crippen LogP contribution in [0.15, 0.2) is 53.4 Å². The van der Waals surface area contributed by atoms with Crippen LogP contribution in [0.1, 0.15) is 15.9 Å². The zero-order chi connectivity index (χ0) is 22.6. The number of carbonyl (C=O) groups is 2. The van der Waals surface area contributed by atoms with Crippen LogP contribution in [-0.2, 0) is 19.6 Å². The summed E-state index contributed by atoms with van der Waals surface area (Å²) in [5, 5.41) is 11.2. The number of nitrogens with zero attached hydrogens (tertiary/aromatic N) is 3. The third-order valence-electron chi connectivity index (χ3n) is 4.94. The van der Waals surface area contributed by atoms with E-state index in [9.17, 15) is 28.1 Å². The lowest BCUT2D eigenvalue weighted by Gasteiger charge is -2.33. The summed E-state index contributed by atoms with van der Waals surface area (Å²) in [6.45, 7) is 1.43. The maximum Gasteiger partial charge on any atom is 0.345 e. The number of hydrogen-bond acceptors (Lipinski definition) is 7. The summed E-state index contributed by atoms with van der Waals surface area (Å²) in [6, 6.07) is 12.3. The van der Waals surface area contributed by atoms with Gasteiger partial charge in [0.05, 0.1) is 9.82 Å². The Morgan fingerprint density at radius 2 is 1.68 bits per heavy atom. The van der Waals surface area contributed by atoms with Gasteiger partial charge in [-0.25, -0.2) is 13.2 Å². The van der Waals surface area contributed by atoms with E-state index in [-0.39, 0.29) is 42.3 Å². The average molecular weight is 447 g/mol. The first-order valence-electron chi connectivity index (χ1n) is 9.46. The van der Waals surface area contributed by atoms with Gasteiger partial charge in [0.2, 0.25) is 10.0 Å². The van der Waals surface area contributed by atoms with Crippen LogP contribution in [0.2, 0.25) is 0 Å². The topological polar surface area (TPSA) is 127 Å². The Labute approximate surface area is 179 Å². The number of nitro groups is 1. The predicted octanol–water partition coefficient (Wildman–Crippen LogP) is 1.59. The van der Waals surface area contributed by atoms with E-state index in [1.54, 1.807) is 18.2 Å². The van der Waals surface area contributed by atoms with Crippen molar-refractivity contribution >= 4 is 27.6 Å². The van der Waals surface area contributed by atoms with Gasteiger partial charge in [0.15, 0.2) is 6.61 Å². The Bertz CT molecular complexity index is 1100. The van der Waals surface area contributed by atoms with Gasteiger partial charge in [0.1, 0.15) is 5.56 Å². The number of amides is 1. The Balaban J connectivity index is 1.57. The highest BCUT2D eigenvalue weighted by Crippen LogP contribution is 2.24. The highest BCUT2D eigenvalue weighted by Gasteiger charge is 2.31. The van der Waals surface area contributed by atoms with Crippen LogP contribution in [0.25, 0.3) is 0 Å². The number of piperazine rings is 1. The number of rotatable bonds is 6. The Hall–Kier alpha value is -3.31. The summed E-state index contributed by atoms with van der Waals surface area (Å²) < 4.78 is 31.6. The second-order valence-corrected chi connectivity index (χ2v) is 8.84. The molecule has 10 nitrogen and oxygen atoms in total. The van der Waals surface area contributed by atoms with Crippen molar-refractivity contribution in [2.45, 2.75) is 11.8 Å². The van der Waals surface area contributed by atoms with Gasteiger partial charge in [-0.1, -0.05) is 30.3 Å². The molecule has 1 aliphatic heterocycles. The lowest BCUT2D eigenvalue weighted by atomic mass is 10.1. The molecule has 0 atom stereocenters. The lowest BCUT2D eigenvalue weighted by Crippen LogP contribution is -2.51. The zero-order valence-electron chi connectivity index (χ0n) is 16.8. The molecule has 0 spiro atoms. The quantitative estimate of drug-likeness (QED) is 0.374. The third-order valence-corrected chi connectivity index (χ3v) is 6.85. The molecule has 2 aromatic carbocycles. The average Bonchev–Trinajstić information content (AvgIpc) is 2.77. The van der Waals surface area contributed by atoms with E-state index in [4.69, 9.17) is 4.74 Å². The molecule has 11 heteroatoms. The molecule has 1 aliphatic rings. The number of hydrogen-bond donors (Lipinski definition) is 0. The standard InChI is InChI=1S/C20H21N3O7S/c1-15-6-5-9-17(19(15)23(26)27)20(25)30-14-18(24)21-10-12-22(13-11-21)31(28,29)16-7-3-2-4-8-16/h2-9H,10-14H2,1H3. The summed E-state index contributed by atoms with van der Waals surface area (Å²) in [4.78, 5) is 36.8. The Kier molecular flexibility index (Phi) is 6.66. The van der Waals surface area contributed by atoms with Crippen LogP contribution in [-0.4, -0.2) is 67.2 Å². The van der Waals surface area contributed by atoms with Gasteiger partial charge in [-0.3, -0.25) is 14.9 Å². The molecule has 0 N–H and O–H groups in total. The van der Waals surface area contributed by atoms with Gasteiger partial charge in [0, 0.05) is 31.7 Å². The second-order valence-electron chi connectivity index (χ2n) is 6.90. The molecule has 1 heterocycles. The molecule has 0 saturated carbocycles. The minimum atomic E-state index is -3.64. The monoisotopic (exact) mass is 447 g/mol. The molecular formula is C20H21N3O7S. The van der Waals surface area contributed by atoms with Crippen molar-refractivity contribution in [3.8, 4) is 0 Å². The molecule has 164 valence electrons. The van der Waals surface area contributed by atoms with Crippen LogP contribution in [0, 0.1) is 17.0 Å². The van der Waals surface area contributed by atoms with Crippen molar-refractivity contribution in [1.82, 2.24) is 9.21 Å².